The maximum Gasteiger partial charge on any atom is 0.142 e. The van der Waals surface area contributed by atoms with E-state index in [0.717, 1.165) is 0 Å². The van der Waals surface area contributed by atoms with Gasteiger partial charge in [-0.05, 0) is 41.8 Å². The summed E-state index contributed by atoms with van der Waals surface area (Å²) < 4.78 is 27.0. The molecule has 0 aliphatic carbocycles. The fraction of sp³-hybridized carbons (Fsp3) is 0.250. The number of hydrogen-bond acceptors (Lipinski definition) is 0. The van der Waals surface area contributed by atoms with Crippen molar-refractivity contribution in [2.24, 2.45) is 0 Å². The topological polar surface area (TPSA) is 0 Å². The molecule has 0 saturated heterocycles. The van der Waals surface area contributed by atoms with Crippen molar-refractivity contribution in [3.8, 4) is 0 Å². The van der Waals surface area contributed by atoms with Gasteiger partial charge in [-0.25, -0.2) is 8.78 Å². The van der Waals surface area contributed by atoms with Crippen molar-refractivity contribution in [1.82, 2.24) is 0 Å². The minimum Gasteiger partial charge on any atom is -0.207 e. The van der Waals surface area contributed by atoms with Crippen molar-refractivity contribution in [2.75, 3.05) is 11.8 Å². The van der Waals surface area contributed by atoms with Crippen molar-refractivity contribution >= 4 is 34.8 Å². The van der Waals surface area contributed by atoms with Gasteiger partial charge in [0.15, 0.2) is 0 Å². The lowest BCUT2D eigenvalue weighted by molar-refractivity contribution is 0.525. The van der Waals surface area contributed by atoms with Crippen LogP contribution in [0.3, 0.4) is 0 Å². The number of halogens is 5. The molecule has 2 aromatic carbocycles. The molecule has 0 aliphatic heterocycles. The van der Waals surface area contributed by atoms with E-state index in [0.29, 0.717) is 17.5 Å². The smallest absolute Gasteiger partial charge is 0.142 e. The Morgan fingerprint density at radius 2 is 1.67 bits per heavy atom. The summed E-state index contributed by atoms with van der Waals surface area (Å²) in [6.07, 6.45) is 0.400. The van der Waals surface area contributed by atoms with Crippen molar-refractivity contribution < 1.29 is 8.78 Å². The average molecular weight is 350 g/mol. The first-order chi connectivity index (χ1) is 10.0. The number of rotatable bonds is 5. The fourth-order valence-corrected chi connectivity index (χ4v) is 3.15. The fourth-order valence-electron chi connectivity index (χ4n) is 2.25. The Labute approximate surface area is 137 Å². The monoisotopic (exact) mass is 348 g/mol. The normalized spacial score (nSPS) is 11.7. The summed E-state index contributed by atoms with van der Waals surface area (Å²) in [5, 5.41) is 0.0619. The highest BCUT2D eigenvalue weighted by Crippen LogP contribution is 2.33. The lowest BCUT2D eigenvalue weighted by atomic mass is 9.78. The molecule has 0 aromatic heterocycles. The van der Waals surface area contributed by atoms with Gasteiger partial charge in [0.2, 0.25) is 0 Å². The van der Waals surface area contributed by atoms with E-state index in [1.807, 2.05) is 0 Å². The average Bonchev–Trinajstić information content (AvgIpc) is 2.48. The van der Waals surface area contributed by atoms with Gasteiger partial charge in [0.05, 0.1) is 5.02 Å². The Hall–Kier alpha value is -0.830. The zero-order valence-corrected chi connectivity index (χ0v) is 13.3. The van der Waals surface area contributed by atoms with Gasteiger partial charge < -0.3 is 0 Å². The Bertz CT molecular complexity index is 625. The van der Waals surface area contributed by atoms with Crippen LogP contribution in [-0.2, 0) is 11.8 Å². The zero-order chi connectivity index (χ0) is 15.5. The molecule has 0 amide bonds. The number of benzene rings is 2. The standard InChI is InChI=1S/C16H13Cl3F2/c17-9-16(10-18,12-2-1-3-13(20)7-12)8-11-4-5-14(19)15(21)6-11/h1-7H,8-10H2. The van der Waals surface area contributed by atoms with Crippen LogP contribution in [0.4, 0.5) is 8.78 Å². The van der Waals surface area contributed by atoms with Gasteiger partial charge >= 0.3 is 0 Å². The quantitative estimate of drug-likeness (QED) is 0.618. The third-order valence-corrected chi connectivity index (χ3v) is 4.80. The highest BCUT2D eigenvalue weighted by molar-refractivity contribution is 6.30. The molecule has 0 fully saturated rings. The molecular weight excluding hydrogens is 337 g/mol. The predicted molar refractivity (Wildman–Crippen MR) is 84.6 cm³/mol. The molecule has 21 heavy (non-hydrogen) atoms. The van der Waals surface area contributed by atoms with E-state index >= 15 is 0 Å². The van der Waals surface area contributed by atoms with Crippen LogP contribution in [-0.4, -0.2) is 11.8 Å². The van der Waals surface area contributed by atoms with Crippen molar-refractivity contribution in [2.45, 2.75) is 11.8 Å². The van der Waals surface area contributed by atoms with Gasteiger partial charge in [-0.15, -0.1) is 23.2 Å². The van der Waals surface area contributed by atoms with Crippen LogP contribution in [0.1, 0.15) is 11.1 Å². The summed E-state index contributed by atoms with van der Waals surface area (Å²) >= 11 is 17.9. The van der Waals surface area contributed by atoms with E-state index in [1.54, 1.807) is 18.2 Å². The second-order valence-electron chi connectivity index (χ2n) is 4.98. The minimum atomic E-state index is -0.661. The van der Waals surface area contributed by atoms with Gasteiger partial charge in [-0.2, -0.15) is 0 Å². The van der Waals surface area contributed by atoms with Gasteiger partial charge in [-0.3, -0.25) is 0 Å². The first kappa shape index (κ1) is 16.5. The number of alkyl halides is 2. The van der Waals surface area contributed by atoms with Crippen LogP contribution in [0.25, 0.3) is 0 Å². The van der Waals surface area contributed by atoms with Crippen LogP contribution in [0.15, 0.2) is 42.5 Å². The van der Waals surface area contributed by atoms with Gasteiger partial charge in [-0.1, -0.05) is 29.8 Å². The molecular formula is C16H13Cl3F2. The first-order valence-corrected chi connectivity index (χ1v) is 7.77. The Balaban J connectivity index is 2.40. The SMILES string of the molecule is Fc1cccc(C(CCl)(CCl)Cc2ccc(Cl)c(F)c2)c1. The maximum atomic E-state index is 13.6. The molecule has 5 heteroatoms. The highest BCUT2D eigenvalue weighted by atomic mass is 35.5. The Kier molecular flexibility index (Phi) is 5.48. The molecule has 0 heterocycles. The Morgan fingerprint density at radius 3 is 2.24 bits per heavy atom. The maximum absolute atomic E-state index is 13.6. The summed E-state index contributed by atoms with van der Waals surface area (Å²) in [4.78, 5) is 0. The van der Waals surface area contributed by atoms with E-state index in [-0.39, 0.29) is 22.6 Å². The lowest BCUT2D eigenvalue weighted by Crippen LogP contribution is -2.33. The van der Waals surface area contributed by atoms with E-state index in [1.165, 1.54) is 24.3 Å². The summed E-state index contributed by atoms with van der Waals surface area (Å²) in [7, 11) is 0. The largest absolute Gasteiger partial charge is 0.207 e. The molecule has 0 spiro atoms. The van der Waals surface area contributed by atoms with E-state index in [4.69, 9.17) is 34.8 Å². The van der Waals surface area contributed by atoms with Gasteiger partial charge in [0, 0.05) is 17.2 Å². The van der Waals surface area contributed by atoms with Gasteiger partial charge in [0.1, 0.15) is 11.6 Å². The summed E-state index contributed by atoms with van der Waals surface area (Å²) in [6, 6.07) is 10.7. The lowest BCUT2D eigenvalue weighted by Gasteiger charge is -2.30. The third kappa shape index (κ3) is 3.68. The van der Waals surface area contributed by atoms with E-state index in [9.17, 15) is 8.78 Å². The van der Waals surface area contributed by atoms with Crippen molar-refractivity contribution in [1.29, 1.82) is 0 Å². The number of hydrogen-bond donors (Lipinski definition) is 0. The van der Waals surface area contributed by atoms with E-state index < -0.39 is 11.2 Å². The van der Waals surface area contributed by atoms with Crippen LogP contribution >= 0.6 is 34.8 Å². The van der Waals surface area contributed by atoms with Crippen LogP contribution < -0.4 is 0 Å². The molecule has 0 N–H and O–H groups in total. The van der Waals surface area contributed by atoms with Gasteiger partial charge in [0.25, 0.3) is 0 Å². The summed E-state index contributed by atoms with van der Waals surface area (Å²) in [6.45, 7) is 0. The molecule has 0 unspecified atom stereocenters. The molecule has 2 rings (SSSR count). The zero-order valence-electron chi connectivity index (χ0n) is 11.1. The second kappa shape index (κ2) is 6.95. The predicted octanol–water partition coefficient (Wildman–Crippen LogP) is 5.58. The highest BCUT2D eigenvalue weighted by Gasteiger charge is 2.31. The molecule has 0 nitrogen and oxygen atoms in total. The van der Waals surface area contributed by atoms with E-state index in [2.05, 4.69) is 0 Å². The molecule has 112 valence electrons. The molecule has 0 bridgehead atoms. The minimum absolute atomic E-state index is 0.0619. The molecule has 0 atom stereocenters. The van der Waals surface area contributed by atoms with Crippen LogP contribution in [0, 0.1) is 11.6 Å². The summed E-state index contributed by atoms with van der Waals surface area (Å²) in [5.41, 5.74) is 0.746. The second-order valence-corrected chi connectivity index (χ2v) is 5.92. The molecule has 2 aromatic rings. The first-order valence-electron chi connectivity index (χ1n) is 6.33. The van der Waals surface area contributed by atoms with Crippen LogP contribution in [0.5, 0.6) is 0 Å². The van der Waals surface area contributed by atoms with Crippen molar-refractivity contribution in [3.63, 3.8) is 0 Å². The van der Waals surface area contributed by atoms with Crippen LogP contribution in [0.2, 0.25) is 5.02 Å². The molecule has 0 saturated carbocycles. The molecule has 0 radical (unpaired) electrons. The third-order valence-electron chi connectivity index (χ3n) is 3.48. The summed E-state index contributed by atoms with van der Waals surface area (Å²) in [5.74, 6) is -0.449. The van der Waals surface area contributed by atoms with Crippen molar-refractivity contribution in [3.05, 3.63) is 70.2 Å². The Morgan fingerprint density at radius 1 is 0.952 bits per heavy atom. The molecule has 0 aliphatic rings.